The summed E-state index contributed by atoms with van der Waals surface area (Å²) in [5.41, 5.74) is 6.19. The lowest BCUT2D eigenvalue weighted by molar-refractivity contribution is 0.508. The average Bonchev–Trinajstić information content (AvgIpc) is 2.92. The monoisotopic (exact) mass is 248 g/mol. The molecule has 0 fully saturated rings. The molecule has 0 spiro atoms. The van der Waals surface area contributed by atoms with Crippen LogP contribution in [0.5, 0.6) is 0 Å². The maximum absolute atomic E-state index is 5.66. The molecule has 2 rings (SSSR count). The van der Waals surface area contributed by atoms with Crippen LogP contribution in [0.25, 0.3) is 0 Å². The SMILES string of the molecule is CCc1cc(C(Cc2cnn(C)c2)NN)n(C)n1. The van der Waals surface area contributed by atoms with E-state index in [1.807, 2.05) is 31.2 Å². The lowest BCUT2D eigenvalue weighted by Crippen LogP contribution is -2.31. The number of hydrazine groups is 1. The smallest absolute Gasteiger partial charge is 0.0670 e. The van der Waals surface area contributed by atoms with Gasteiger partial charge >= 0.3 is 0 Å². The van der Waals surface area contributed by atoms with Crippen molar-refractivity contribution in [1.29, 1.82) is 0 Å². The molecule has 0 amide bonds. The molecule has 0 saturated carbocycles. The first-order chi connectivity index (χ1) is 8.63. The van der Waals surface area contributed by atoms with Crippen LogP contribution in [0, 0.1) is 0 Å². The van der Waals surface area contributed by atoms with Crippen LogP contribution in [0.3, 0.4) is 0 Å². The van der Waals surface area contributed by atoms with Crippen LogP contribution in [-0.4, -0.2) is 19.6 Å². The zero-order valence-corrected chi connectivity index (χ0v) is 11.1. The molecular formula is C12H20N6. The summed E-state index contributed by atoms with van der Waals surface area (Å²) in [7, 11) is 3.86. The maximum Gasteiger partial charge on any atom is 0.0670 e. The molecule has 0 radical (unpaired) electrons. The Kier molecular flexibility index (Phi) is 3.78. The van der Waals surface area contributed by atoms with Crippen molar-refractivity contribution in [3.05, 3.63) is 35.4 Å². The summed E-state index contributed by atoms with van der Waals surface area (Å²) < 4.78 is 3.68. The third-order valence-electron chi connectivity index (χ3n) is 3.09. The fraction of sp³-hybridized carbons (Fsp3) is 0.500. The molecule has 0 aromatic carbocycles. The first-order valence-corrected chi connectivity index (χ1v) is 6.10. The Balaban J connectivity index is 2.19. The summed E-state index contributed by atoms with van der Waals surface area (Å²) in [6.07, 6.45) is 5.59. The molecule has 0 aliphatic heterocycles. The highest BCUT2D eigenvalue weighted by atomic mass is 15.3. The number of nitrogens with zero attached hydrogens (tertiary/aromatic N) is 4. The highest BCUT2D eigenvalue weighted by molar-refractivity contribution is 5.17. The number of rotatable bonds is 5. The third kappa shape index (κ3) is 2.60. The molecule has 0 aliphatic carbocycles. The lowest BCUT2D eigenvalue weighted by atomic mass is 10.1. The lowest BCUT2D eigenvalue weighted by Gasteiger charge is -2.15. The predicted octanol–water partition coefficient (Wildman–Crippen LogP) is 0.463. The summed E-state index contributed by atoms with van der Waals surface area (Å²) in [5, 5.41) is 8.61. The Morgan fingerprint density at radius 3 is 2.72 bits per heavy atom. The van der Waals surface area contributed by atoms with Gasteiger partial charge in [-0.1, -0.05) is 6.92 Å². The molecule has 1 atom stereocenters. The second-order valence-electron chi connectivity index (χ2n) is 4.48. The van der Waals surface area contributed by atoms with E-state index >= 15 is 0 Å². The van der Waals surface area contributed by atoms with Gasteiger partial charge in [-0.05, 0) is 24.5 Å². The van der Waals surface area contributed by atoms with E-state index < -0.39 is 0 Å². The number of nitrogens with two attached hydrogens (primary N) is 1. The van der Waals surface area contributed by atoms with Crippen LogP contribution >= 0.6 is 0 Å². The van der Waals surface area contributed by atoms with Crippen molar-refractivity contribution in [2.75, 3.05) is 0 Å². The van der Waals surface area contributed by atoms with Gasteiger partial charge in [0.2, 0.25) is 0 Å². The normalized spacial score (nSPS) is 12.9. The summed E-state index contributed by atoms with van der Waals surface area (Å²) in [4.78, 5) is 0. The Bertz CT molecular complexity index is 512. The average molecular weight is 248 g/mol. The molecule has 18 heavy (non-hydrogen) atoms. The Morgan fingerprint density at radius 2 is 2.22 bits per heavy atom. The van der Waals surface area contributed by atoms with Gasteiger partial charge < -0.3 is 0 Å². The number of hydrogen-bond donors (Lipinski definition) is 2. The van der Waals surface area contributed by atoms with Gasteiger partial charge in [-0.15, -0.1) is 0 Å². The molecule has 1 unspecified atom stereocenters. The van der Waals surface area contributed by atoms with Crippen molar-refractivity contribution in [1.82, 2.24) is 25.0 Å². The molecule has 0 saturated heterocycles. The van der Waals surface area contributed by atoms with Gasteiger partial charge in [0.15, 0.2) is 0 Å². The van der Waals surface area contributed by atoms with Crippen LogP contribution in [0.1, 0.15) is 29.9 Å². The minimum Gasteiger partial charge on any atom is -0.276 e. The van der Waals surface area contributed by atoms with Crippen molar-refractivity contribution in [3.8, 4) is 0 Å². The van der Waals surface area contributed by atoms with E-state index in [4.69, 9.17) is 5.84 Å². The fourth-order valence-electron chi connectivity index (χ4n) is 2.10. The van der Waals surface area contributed by atoms with Gasteiger partial charge in [0.1, 0.15) is 0 Å². The van der Waals surface area contributed by atoms with E-state index in [-0.39, 0.29) is 6.04 Å². The van der Waals surface area contributed by atoms with Gasteiger partial charge in [-0.25, -0.2) is 0 Å². The zero-order chi connectivity index (χ0) is 13.1. The van der Waals surface area contributed by atoms with E-state index in [9.17, 15) is 0 Å². The second kappa shape index (κ2) is 5.32. The molecule has 2 aromatic rings. The number of nitrogens with one attached hydrogen (secondary N) is 1. The Morgan fingerprint density at radius 1 is 1.44 bits per heavy atom. The highest BCUT2D eigenvalue weighted by Crippen LogP contribution is 2.18. The van der Waals surface area contributed by atoms with Crippen molar-refractivity contribution < 1.29 is 0 Å². The Labute approximate surface area is 107 Å². The largest absolute Gasteiger partial charge is 0.276 e. The van der Waals surface area contributed by atoms with Crippen LogP contribution in [-0.2, 0) is 26.9 Å². The van der Waals surface area contributed by atoms with Crippen LogP contribution in [0.15, 0.2) is 18.5 Å². The standard InChI is InChI=1S/C12H20N6/c1-4-10-6-12(18(3)16-10)11(15-13)5-9-7-14-17(2)8-9/h6-8,11,15H,4-5,13H2,1-3H3. The van der Waals surface area contributed by atoms with Crippen LogP contribution in [0.4, 0.5) is 0 Å². The van der Waals surface area contributed by atoms with Crippen molar-refractivity contribution in [3.63, 3.8) is 0 Å². The quantitative estimate of drug-likeness (QED) is 0.595. The van der Waals surface area contributed by atoms with Crippen molar-refractivity contribution >= 4 is 0 Å². The number of aryl methyl sites for hydroxylation is 3. The topological polar surface area (TPSA) is 73.7 Å². The van der Waals surface area contributed by atoms with E-state index in [0.717, 1.165) is 29.8 Å². The molecular weight excluding hydrogens is 228 g/mol. The van der Waals surface area contributed by atoms with Gasteiger partial charge in [0, 0.05) is 20.3 Å². The van der Waals surface area contributed by atoms with E-state index in [1.165, 1.54) is 0 Å². The molecule has 0 bridgehead atoms. The molecule has 98 valence electrons. The first-order valence-electron chi connectivity index (χ1n) is 6.10. The Hall–Kier alpha value is -1.66. The molecule has 2 heterocycles. The molecule has 3 N–H and O–H groups in total. The second-order valence-corrected chi connectivity index (χ2v) is 4.48. The van der Waals surface area contributed by atoms with Crippen molar-refractivity contribution in [2.45, 2.75) is 25.8 Å². The van der Waals surface area contributed by atoms with Crippen molar-refractivity contribution in [2.24, 2.45) is 19.9 Å². The first kappa shape index (κ1) is 12.8. The summed E-state index contributed by atoms with van der Waals surface area (Å²) in [5.74, 6) is 5.66. The highest BCUT2D eigenvalue weighted by Gasteiger charge is 2.16. The minimum atomic E-state index is 0.0481. The van der Waals surface area contributed by atoms with Crippen LogP contribution in [0.2, 0.25) is 0 Å². The maximum atomic E-state index is 5.66. The van der Waals surface area contributed by atoms with Gasteiger partial charge in [-0.2, -0.15) is 10.2 Å². The fourth-order valence-corrected chi connectivity index (χ4v) is 2.10. The van der Waals surface area contributed by atoms with E-state index in [1.54, 1.807) is 4.68 Å². The third-order valence-corrected chi connectivity index (χ3v) is 3.09. The summed E-state index contributed by atoms with van der Waals surface area (Å²) in [6, 6.07) is 2.15. The molecule has 2 aromatic heterocycles. The molecule has 6 heteroatoms. The van der Waals surface area contributed by atoms with Gasteiger partial charge in [0.25, 0.3) is 0 Å². The number of aromatic nitrogens is 4. The predicted molar refractivity (Wildman–Crippen MR) is 69.6 cm³/mol. The number of hydrogen-bond acceptors (Lipinski definition) is 4. The van der Waals surface area contributed by atoms with Gasteiger partial charge in [-0.3, -0.25) is 20.6 Å². The minimum absolute atomic E-state index is 0.0481. The van der Waals surface area contributed by atoms with E-state index in [2.05, 4.69) is 28.6 Å². The van der Waals surface area contributed by atoms with Gasteiger partial charge in [0.05, 0.1) is 23.6 Å². The van der Waals surface area contributed by atoms with E-state index in [0.29, 0.717) is 0 Å². The van der Waals surface area contributed by atoms with Crippen LogP contribution < -0.4 is 11.3 Å². The summed E-state index contributed by atoms with van der Waals surface area (Å²) in [6.45, 7) is 2.10. The zero-order valence-electron chi connectivity index (χ0n) is 11.1. The molecule has 6 nitrogen and oxygen atoms in total. The molecule has 0 aliphatic rings. The summed E-state index contributed by atoms with van der Waals surface area (Å²) >= 11 is 0.